The molecular formula is C9H10N4O2. The van der Waals surface area contributed by atoms with Gasteiger partial charge in [-0.15, -0.1) is 0 Å². The lowest BCUT2D eigenvalue weighted by Gasteiger charge is -1.91. The Labute approximate surface area is 85.4 Å². The first-order valence-corrected chi connectivity index (χ1v) is 4.40. The van der Waals surface area contributed by atoms with E-state index < -0.39 is 5.97 Å². The molecule has 0 aliphatic heterocycles. The van der Waals surface area contributed by atoms with E-state index in [0.29, 0.717) is 17.2 Å². The van der Waals surface area contributed by atoms with Crippen LogP contribution in [0.2, 0.25) is 0 Å². The van der Waals surface area contributed by atoms with Gasteiger partial charge in [0.1, 0.15) is 17.2 Å². The second-order valence-corrected chi connectivity index (χ2v) is 3.29. The lowest BCUT2D eigenvalue weighted by atomic mass is 10.2. The third-order valence-corrected chi connectivity index (χ3v) is 1.98. The molecule has 2 rings (SSSR count). The zero-order valence-corrected chi connectivity index (χ0v) is 8.33. The van der Waals surface area contributed by atoms with E-state index >= 15 is 0 Å². The Morgan fingerprint density at radius 1 is 1.47 bits per heavy atom. The van der Waals surface area contributed by atoms with Crippen molar-refractivity contribution in [3.05, 3.63) is 23.3 Å². The van der Waals surface area contributed by atoms with Gasteiger partial charge in [0.15, 0.2) is 5.69 Å². The van der Waals surface area contributed by atoms with Crippen molar-refractivity contribution in [2.24, 2.45) is 0 Å². The first kappa shape index (κ1) is 9.45. The minimum atomic E-state index is -1.04. The summed E-state index contributed by atoms with van der Waals surface area (Å²) in [5.74, 6) is -0.477. The van der Waals surface area contributed by atoms with Crippen LogP contribution in [-0.4, -0.2) is 31.2 Å². The molecule has 2 heterocycles. The fourth-order valence-corrected chi connectivity index (χ4v) is 1.37. The Balaban J connectivity index is 2.56. The first-order valence-electron chi connectivity index (χ1n) is 4.40. The summed E-state index contributed by atoms with van der Waals surface area (Å²) in [5, 5.41) is 15.7. The molecule has 0 saturated carbocycles. The molecule has 0 aliphatic carbocycles. The molecule has 6 nitrogen and oxygen atoms in total. The van der Waals surface area contributed by atoms with Gasteiger partial charge in [-0.2, -0.15) is 5.10 Å². The summed E-state index contributed by atoms with van der Waals surface area (Å²) in [6, 6.07) is 1.75. The van der Waals surface area contributed by atoms with Gasteiger partial charge in [0.05, 0.1) is 0 Å². The summed E-state index contributed by atoms with van der Waals surface area (Å²) in [6.07, 6.45) is 0. The molecule has 0 aromatic carbocycles. The number of carboxylic acid groups (broad SMARTS) is 1. The number of hydrogen-bond acceptors (Lipinski definition) is 3. The number of hydrogen-bond donors (Lipinski definition) is 3. The van der Waals surface area contributed by atoms with Gasteiger partial charge in [-0.05, 0) is 19.9 Å². The van der Waals surface area contributed by atoms with Crippen molar-refractivity contribution < 1.29 is 9.90 Å². The van der Waals surface area contributed by atoms with Crippen molar-refractivity contribution in [3.8, 4) is 11.4 Å². The molecule has 0 saturated heterocycles. The monoisotopic (exact) mass is 206 g/mol. The van der Waals surface area contributed by atoms with Gasteiger partial charge in [-0.3, -0.25) is 5.10 Å². The molecule has 2 aromatic heterocycles. The molecule has 0 amide bonds. The lowest BCUT2D eigenvalue weighted by molar-refractivity contribution is 0.0692. The molecule has 15 heavy (non-hydrogen) atoms. The highest BCUT2D eigenvalue weighted by atomic mass is 16.4. The van der Waals surface area contributed by atoms with Crippen molar-refractivity contribution >= 4 is 5.97 Å². The Hall–Kier alpha value is -2.11. The predicted octanol–water partition coefficient (Wildman–Crippen LogP) is 1.11. The maximum atomic E-state index is 10.9. The predicted molar refractivity (Wildman–Crippen MR) is 52.6 cm³/mol. The third kappa shape index (κ3) is 1.61. The third-order valence-electron chi connectivity index (χ3n) is 1.98. The second kappa shape index (κ2) is 3.23. The van der Waals surface area contributed by atoms with Crippen molar-refractivity contribution in [1.29, 1.82) is 0 Å². The van der Waals surface area contributed by atoms with E-state index in [1.807, 2.05) is 6.92 Å². The average Bonchev–Trinajstić information content (AvgIpc) is 2.71. The largest absolute Gasteiger partial charge is 0.477 e. The van der Waals surface area contributed by atoms with E-state index in [4.69, 9.17) is 5.11 Å². The van der Waals surface area contributed by atoms with E-state index in [0.717, 1.165) is 5.69 Å². The highest BCUT2D eigenvalue weighted by Crippen LogP contribution is 2.19. The Morgan fingerprint density at radius 3 is 2.73 bits per heavy atom. The number of carbonyl (C=O) groups is 1. The van der Waals surface area contributed by atoms with E-state index in [9.17, 15) is 4.79 Å². The first-order chi connectivity index (χ1) is 7.08. The molecule has 0 radical (unpaired) electrons. The number of aromatic nitrogens is 4. The molecule has 0 aliphatic rings. The van der Waals surface area contributed by atoms with Gasteiger partial charge in [-0.25, -0.2) is 9.78 Å². The van der Waals surface area contributed by atoms with Crippen LogP contribution in [0.4, 0.5) is 0 Å². The summed E-state index contributed by atoms with van der Waals surface area (Å²) >= 11 is 0. The number of nitrogens with one attached hydrogen (secondary N) is 2. The number of aromatic carboxylic acids is 1. The highest BCUT2D eigenvalue weighted by Gasteiger charge is 2.18. The van der Waals surface area contributed by atoms with E-state index in [-0.39, 0.29) is 5.69 Å². The van der Waals surface area contributed by atoms with E-state index in [1.54, 1.807) is 13.0 Å². The van der Waals surface area contributed by atoms with Gasteiger partial charge in [0.2, 0.25) is 0 Å². The minimum absolute atomic E-state index is 0.0685. The summed E-state index contributed by atoms with van der Waals surface area (Å²) < 4.78 is 0. The van der Waals surface area contributed by atoms with Crippen LogP contribution in [0.1, 0.15) is 22.0 Å². The van der Waals surface area contributed by atoms with Gasteiger partial charge in [-0.1, -0.05) is 0 Å². The molecule has 78 valence electrons. The maximum Gasteiger partial charge on any atom is 0.354 e. The Morgan fingerprint density at radius 2 is 2.20 bits per heavy atom. The van der Waals surface area contributed by atoms with Gasteiger partial charge >= 0.3 is 5.97 Å². The number of nitrogens with zero attached hydrogens (tertiary/aromatic N) is 2. The molecule has 0 atom stereocenters. The number of H-pyrrole nitrogens is 2. The molecule has 3 N–H and O–H groups in total. The van der Waals surface area contributed by atoms with Crippen LogP contribution >= 0.6 is 0 Å². The van der Waals surface area contributed by atoms with Gasteiger partial charge in [0, 0.05) is 5.69 Å². The SMILES string of the molecule is Cc1cc(-c2nc(C)[nH]c2C(=O)O)n[nH]1. The maximum absolute atomic E-state index is 10.9. The molecule has 0 spiro atoms. The molecular weight excluding hydrogens is 196 g/mol. The van der Waals surface area contributed by atoms with Crippen molar-refractivity contribution in [2.75, 3.05) is 0 Å². The fraction of sp³-hybridized carbons (Fsp3) is 0.222. The summed E-state index contributed by atoms with van der Waals surface area (Å²) in [4.78, 5) is 17.7. The number of aryl methyl sites for hydroxylation is 2. The molecule has 0 unspecified atom stereocenters. The van der Waals surface area contributed by atoms with E-state index in [1.165, 1.54) is 0 Å². The normalized spacial score (nSPS) is 10.5. The van der Waals surface area contributed by atoms with Gasteiger partial charge < -0.3 is 10.1 Å². The summed E-state index contributed by atoms with van der Waals surface area (Å²) in [7, 11) is 0. The highest BCUT2D eigenvalue weighted by molar-refractivity contribution is 5.92. The zero-order chi connectivity index (χ0) is 11.0. The minimum Gasteiger partial charge on any atom is -0.477 e. The summed E-state index contributed by atoms with van der Waals surface area (Å²) in [6.45, 7) is 3.55. The van der Waals surface area contributed by atoms with Crippen LogP contribution in [0.5, 0.6) is 0 Å². The molecule has 2 aromatic rings. The number of aromatic amines is 2. The van der Waals surface area contributed by atoms with E-state index in [2.05, 4.69) is 20.2 Å². The molecule has 0 bridgehead atoms. The topological polar surface area (TPSA) is 94.7 Å². The van der Waals surface area contributed by atoms with Crippen molar-refractivity contribution in [2.45, 2.75) is 13.8 Å². The smallest absolute Gasteiger partial charge is 0.354 e. The number of imidazole rings is 1. The number of carboxylic acids is 1. The Bertz CT molecular complexity index is 512. The summed E-state index contributed by atoms with van der Waals surface area (Å²) in [5.41, 5.74) is 1.83. The van der Waals surface area contributed by atoms with Crippen LogP contribution in [-0.2, 0) is 0 Å². The molecule has 0 fully saturated rings. The van der Waals surface area contributed by atoms with Crippen LogP contribution in [0.3, 0.4) is 0 Å². The standard InChI is InChI=1S/C9H10N4O2/c1-4-3-6(13-12-4)7-8(9(14)15)11-5(2)10-7/h3H,1-2H3,(H,10,11)(H,12,13)(H,14,15). The van der Waals surface area contributed by atoms with Crippen molar-refractivity contribution in [1.82, 2.24) is 20.2 Å². The number of rotatable bonds is 2. The second-order valence-electron chi connectivity index (χ2n) is 3.29. The van der Waals surface area contributed by atoms with Crippen LogP contribution < -0.4 is 0 Å². The lowest BCUT2D eigenvalue weighted by Crippen LogP contribution is -1.99. The Kier molecular flexibility index (Phi) is 2.03. The van der Waals surface area contributed by atoms with Crippen LogP contribution in [0, 0.1) is 13.8 Å². The van der Waals surface area contributed by atoms with Crippen molar-refractivity contribution in [3.63, 3.8) is 0 Å². The van der Waals surface area contributed by atoms with Crippen LogP contribution in [0.25, 0.3) is 11.4 Å². The fourth-order valence-electron chi connectivity index (χ4n) is 1.37. The van der Waals surface area contributed by atoms with Gasteiger partial charge in [0.25, 0.3) is 0 Å². The van der Waals surface area contributed by atoms with Crippen LogP contribution in [0.15, 0.2) is 6.07 Å². The quantitative estimate of drug-likeness (QED) is 0.686. The average molecular weight is 206 g/mol. The molecule has 6 heteroatoms. The zero-order valence-electron chi connectivity index (χ0n) is 8.33.